The van der Waals surface area contributed by atoms with Crippen LogP contribution in [-0.4, -0.2) is 54.5 Å². The van der Waals surface area contributed by atoms with Crippen molar-refractivity contribution in [2.24, 2.45) is 5.92 Å². The maximum atomic E-state index is 13.2. The average Bonchev–Trinajstić information content (AvgIpc) is 2.74. The number of likely N-dealkylation sites (tertiary alicyclic amines) is 1. The summed E-state index contributed by atoms with van der Waals surface area (Å²) < 4.78 is 0. The third-order valence-corrected chi connectivity index (χ3v) is 6.72. The molecule has 0 bridgehead atoms. The van der Waals surface area contributed by atoms with Gasteiger partial charge >= 0.3 is 0 Å². The second-order valence-electron chi connectivity index (χ2n) is 8.62. The molecule has 4 heteroatoms. The molecule has 1 aromatic rings. The number of benzene rings is 1. The standard InChI is InChI=1S/C24H39N3O/c1-3-27(4-2)23(21-13-9-6-10-14-21)24(28)25-22-15-17-26(18-16-22)19-20-11-7-5-8-12-20/h6,9-10,13-14,20,22-23H,3-5,7-8,11-12,15-19H2,1-2H3,(H,25,28). The van der Waals surface area contributed by atoms with Gasteiger partial charge in [0.15, 0.2) is 0 Å². The van der Waals surface area contributed by atoms with Crippen molar-refractivity contribution in [2.75, 3.05) is 32.7 Å². The summed E-state index contributed by atoms with van der Waals surface area (Å²) in [5, 5.41) is 3.38. The van der Waals surface area contributed by atoms with Crippen LogP contribution in [0.3, 0.4) is 0 Å². The number of rotatable bonds is 8. The number of likely N-dealkylation sites (N-methyl/N-ethyl adjacent to an activating group) is 1. The lowest BCUT2D eigenvalue weighted by Crippen LogP contribution is -2.49. The molecular formula is C24H39N3O. The summed E-state index contributed by atoms with van der Waals surface area (Å²) in [5.41, 5.74) is 1.10. The van der Waals surface area contributed by atoms with E-state index in [9.17, 15) is 4.79 Å². The van der Waals surface area contributed by atoms with Gasteiger partial charge in [0, 0.05) is 25.7 Å². The average molecular weight is 386 g/mol. The molecule has 1 aliphatic heterocycles. The van der Waals surface area contributed by atoms with Crippen LogP contribution in [0.2, 0.25) is 0 Å². The van der Waals surface area contributed by atoms with E-state index in [0.29, 0.717) is 6.04 Å². The van der Waals surface area contributed by atoms with E-state index in [1.165, 1.54) is 38.6 Å². The Labute approximate surface area is 171 Å². The van der Waals surface area contributed by atoms with Crippen molar-refractivity contribution in [3.8, 4) is 0 Å². The fourth-order valence-electron chi connectivity index (χ4n) is 5.03. The van der Waals surface area contributed by atoms with Crippen LogP contribution in [0.4, 0.5) is 0 Å². The van der Waals surface area contributed by atoms with Gasteiger partial charge in [-0.05, 0) is 50.3 Å². The fourth-order valence-corrected chi connectivity index (χ4v) is 5.03. The van der Waals surface area contributed by atoms with Gasteiger partial charge in [-0.2, -0.15) is 0 Å². The van der Waals surface area contributed by atoms with Crippen molar-refractivity contribution >= 4 is 5.91 Å². The summed E-state index contributed by atoms with van der Waals surface area (Å²) in [6.07, 6.45) is 9.27. The summed E-state index contributed by atoms with van der Waals surface area (Å²) >= 11 is 0. The minimum Gasteiger partial charge on any atom is -0.352 e. The second-order valence-corrected chi connectivity index (χ2v) is 8.62. The summed E-state index contributed by atoms with van der Waals surface area (Å²) in [7, 11) is 0. The van der Waals surface area contributed by atoms with Crippen molar-refractivity contribution < 1.29 is 4.79 Å². The lowest BCUT2D eigenvalue weighted by Gasteiger charge is -2.37. The molecule has 0 radical (unpaired) electrons. The first-order valence-electron chi connectivity index (χ1n) is 11.5. The van der Waals surface area contributed by atoms with Crippen molar-refractivity contribution in [3.63, 3.8) is 0 Å². The molecule has 1 unspecified atom stereocenters. The third kappa shape index (κ3) is 5.81. The van der Waals surface area contributed by atoms with E-state index in [1.54, 1.807) is 0 Å². The number of nitrogens with zero attached hydrogens (tertiary/aromatic N) is 2. The monoisotopic (exact) mass is 385 g/mol. The maximum Gasteiger partial charge on any atom is 0.242 e. The van der Waals surface area contributed by atoms with E-state index in [4.69, 9.17) is 0 Å². The van der Waals surface area contributed by atoms with E-state index in [2.05, 4.69) is 41.1 Å². The molecule has 3 rings (SSSR count). The smallest absolute Gasteiger partial charge is 0.242 e. The van der Waals surface area contributed by atoms with Gasteiger partial charge < -0.3 is 10.2 Å². The Balaban J connectivity index is 1.52. The number of carbonyl (C=O) groups excluding carboxylic acids is 1. The lowest BCUT2D eigenvalue weighted by molar-refractivity contribution is -0.127. The quantitative estimate of drug-likeness (QED) is 0.727. The van der Waals surface area contributed by atoms with E-state index in [0.717, 1.165) is 50.5 Å². The van der Waals surface area contributed by atoms with Crippen LogP contribution in [0.5, 0.6) is 0 Å². The third-order valence-electron chi connectivity index (χ3n) is 6.72. The van der Waals surface area contributed by atoms with Crippen LogP contribution in [0.25, 0.3) is 0 Å². The first-order valence-corrected chi connectivity index (χ1v) is 11.5. The van der Waals surface area contributed by atoms with E-state index >= 15 is 0 Å². The summed E-state index contributed by atoms with van der Waals surface area (Å²) in [5.74, 6) is 1.07. The summed E-state index contributed by atoms with van der Waals surface area (Å²) in [6, 6.07) is 10.4. The van der Waals surface area contributed by atoms with Crippen LogP contribution < -0.4 is 5.32 Å². The number of nitrogens with one attached hydrogen (secondary N) is 1. The van der Waals surface area contributed by atoms with Gasteiger partial charge in [0.05, 0.1) is 0 Å². The first-order chi connectivity index (χ1) is 13.7. The van der Waals surface area contributed by atoms with Crippen LogP contribution in [-0.2, 0) is 4.79 Å². The van der Waals surface area contributed by atoms with Gasteiger partial charge in [-0.25, -0.2) is 0 Å². The Morgan fingerprint density at radius 1 is 1.04 bits per heavy atom. The molecule has 1 atom stereocenters. The van der Waals surface area contributed by atoms with Gasteiger partial charge in [0.25, 0.3) is 0 Å². The van der Waals surface area contributed by atoms with Crippen molar-refractivity contribution in [1.82, 2.24) is 15.1 Å². The highest BCUT2D eigenvalue weighted by molar-refractivity contribution is 5.83. The highest BCUT2D eigenvalue weighted by Gasteiger charge is 2.29. The Morgan fingerprint density at radius 2 is 1.68 bits per heavy atom. The molecule has 0 spiro atoms. The molecule has 1 aliphatic carbocycles. The maximum absolute atomic E-state index is 13.2. The molecule has 1 heterocycles. The Morgan fingerprint density at radius 3 is 2.29 bits per heavy atom. The van der Waals surface area contributed by atoms with Gasteiger partial charge in [0.2, 0.25) is 5.91 Å². The predicted octanol–water partition coefficient (Wildman–Crippen LogP) is 4.23. The molecular weight excluding hydrogens is 346 g/mol. The van der Waals surface area contributed by atoms with E-state index < -0.39 is 0 Å². The van der Waals surface area contributed by atoms with Gasteiger partial charge in [-0.3, -0.25) is 9.69 Å². The molecule has 4 nitrogen and oxygen atoms in total. The van der Waals surface area contributed by atoms with Crippen molar-refractivity contribution in [1.29, 1.82) is 0 Å². The van der Waals surface area contributed by atoms with Crippen LogP contribution in [0.15, 0.2) is 30.3 Å². The molecule has 156 valence electrons. The second kappa shape index (κ2) is 11.0. The van der Waals surface area contributed by atoms with Crippen LogP contribution in [0, 0.1) is 5.92 Å². The predicted molar refractivity (Wildman–Crippen MR) is 116 cm³/mol. The van der Waals surface area contributed by atoms with Crippen LogP contribution >= 0.6 is 0 Å². The molecule has 1 aromatic carbocycles. The van der Waals surface area contributed by atoms with E-state index in [1.807, 2.05) is 18.2 Å². The summed E-state index contributed by atoms with van der Waals surface area (Å²) in [6.45, 7) is 9.55. The highest BCUT2D eigenvalue weighted by Crippen LogP contribution is 2.26. The molecule has 1 saturated heterocycles. The SMILES string of the molecule is CCN(CC)C(C(=O)NC1CCN(CC2CCCCC2)CC1)c1ccccc1. The normalized spacial score (nSPS) is 21.0. The number of amides is 1. The minimum atomic E-state index is -0.184. The zero-order valence-electron chi connectivity index (χ0n) is 17.9. The Hall–Kier alpha value is -1.39. The first kappa shape index (κ1) is 21.3. The lowest BCUT2D eigenvalue weighted by atomic mass is 9.88. The number of hydrogen-bond acceptors (Lipinski definition) is 3. The topological polar surface area (TPSA) is 35.6 Å². The number of hydrogen-bond donors (Lipinski definition) is 1. The number of carbonyl (C=O) groups is 1. The molecule has 1 saturated carbocycles. The van der Waals surface area contributed by atoms with Crippen LogP contribution in [0.1, 0.15) is 70.4 Å². The van der Waals surface area contributed by atoms with Gasteiger partial charge in [-0.1, -0.05) is 63.4 Å². The van der Waals surface area contributed by atoms with Crippen molar-refractivity contribution in [2.45, 2.75) is 70.9 Å². The van der Waals surface area contributed by atoms with Gasteiger partial charge in [0.1, 0.15) is 6.04 Å². The fraction of sp³-hybridized carbons (Fsp3) is 0.708. The molecule has 28 heavy (non-hydrogen) atoms. The Bertz CT molecular complexity index is 573. The zero-order chi connectivity index (χ0) is 19.8. The molecule has 2 aliphatic rings. The highest BCUT2D eigenvalue weighted by atomic mass is 16.2. The molecule has 1 amide bonds. The zero-order valence-corrected chi connectivity index (χ0v) is 17.9. The minimum absolute atomic E-state index is 0.167. The molecule has 2 fully saturated rings. The molecule has 0 aromatic heterocycles. The molecule has 1 N–H and O–H groups in total. The van der Waals surface area contributed by atoms with Gasteiger partial charge in [-0.15, -0.1) is 0 Å². The largest absolute Gasteiger partial charge is 0.352 e. The number of piperidine rings is 1. The Kier molecular flexibility index (Phi) is 8.35. The van der Waals surface area contributed by atoms with Crippen molar-refractivity contribution in [3.05, 3.63) is 35.9 Å². The summed E-state index contributed by atoms with van der Waals surface area (Å²) in [4.78, 5) is 18.1. The van der Waals surface area contributed by atoms with E-state index in [-0.39, 0.29) is 11.9 Å².